The van der Waals surface area contributed by atoms with E-state index in [0.717, 1.165) is 31.4 Å². The van der Waals surface area contributed by atoms with Crippen molar-refractivity contribution in [3.8, 4) is 0 Å². The number of rotatable bonds is 4. The monoisotopic (exact) mass is 276 g/mol. The number of fused-ring (bicyclic) bond motifs is 1. The first kappa shape index (κ1) is 13.1. The summed E-state index contributed by atoms with van der Waals surface area (Å²) in [6, 6.07) is 3.76. The molecule has 2 aromatic heterocycles. The van der Waals surface area contributed by atoms with Crippen LogP contribution in [0.2, 0.25) is 0 Å². The summed E-state index contributed by atoms with van der Waals surface area (Å²) in [5.74, 6) is 1.65. The Morgan fingerprint density at radius 3 is 2.95 bits per heavy atom. The molecule has 20 heavy (non-hydrogen) atoms. The smallest absolute Gasteiger partial charge is 0.355 e. The molecular weight excluding hydrogens is 256 g/mol. The molecule has 7 nitrogen and oxygen atoms in total. The van der Waals surface area contributed by atoms with E-state index in [1.165, 1.54) is 23.8 Å². The second kappa shape index (κ2) is 5.62. The lowest BCUT2D eigenvalue weighted by atomic mass is 9.93. The van der Waals surface area contributed by atoms with Crippen molar-refractivity contribution >= 4 is 11.5 Å². The van der Waals surface area contributed by atoms with Gasteiger partial charge in [-0.1, -0.05) is 0 Å². The van der Waals surface area contributed by atoms with Crippen LogP contribution in [0.5, 0.6) is 0 Å². The van der Waals surface area contributed by atoms with Crippen molar-refractivity contribution in [1.82, 2.24) is 25.1 Å². The molecule has 1 aliphatic heterocycles. The highest BCUT2D eigenvalue weighted by Crippen LogP contribution is 2.23. The highest BCUT2D eigenvalue weighted by molar-refractivity contribution is 5.45. The molecule has 0 atom stereocenters. The maximum absolute atomic E-state index is 11.5. The standard InChI is InChI=1S/C13H20N6O/c1-14-7-4-10-5-8-18(9-6-10)12-3-2-11-15-16-13(20)19(11)17-12/h2-3,10,14H,4-9H2,1H3,(H,16,20). The van der Waals surface area contributed by atoms with E-state index in [1.54, 1.807) is 0 Å². The van der Waals surface area contributed by atoms with Gasteiger partial charge in [-0.25, -0.2) is 9.89 Å². The Morgan fingerprint density at radius 1 is 1.40 bits per heavy atom. The molecule has 3 heterocycles. The lowest BCUT2D eigenvalue weighted by Gasteiger charge is -2.32. The summed E-state index contributed by atoms with van der Waals surface area (Å²) in [6.45, 7) is 3.08. The minimum absolute atomic E-state index is 0.286. The van der Waals surface area contributed by atoms with Crippen molar-refractivity contribution in [1.29, 1.82) is 0 Å². The van der Waals surface area contributed by atoms with Crippen LogP contribution < -0.4 is 15.9 Å². The molecule has 0 unspecified atom stereocenters. The predicted octanol–water partition coefficient (Wildman–Crippen LogP) is 0.244. The zero-order chi connectivity index (χ0) is 13.9. The largest absolute Gasteiger partial charge is 0.364 e. The van der Waals surface area contributed by atoms with Crippen LogP contribution in [0.1, 0.15) is 19.3 Å². The third-order valence-electron chi connectivity index (χ3n) is 4.00. The van der Waals surface area contributed by atoms with Crippen molar-refractivity contribution in [2.24, 2.45) is 5.92 Å². The molecule has 3 rings (SSSR count). The second-order valence-electron chi connectivity index (χ2n) is 5.31. The van der Waals surface area contributed by atoms with E-state index in [4.69, 9.17) is 0 Å². The first-order valence-corrected chi connectivity index (χ1v) is 7.12. The molecule has 1 aliphatic rings. The van der Waals surface area contributed by atoms with Gasteiger partial charge in [0.25, 0.3) is 0 Å². The highest BCUT2D eigenvalue weighted by atomic mass is 16.2. The fourth-order valence-electron chi connectivity index (χ4n) is 2.76. The van der Waals surface area contributed by atoms with Crippen molar-refractivity contribution < 1.29 is 0 Å². The predicted molar refractivity (Wildman–Crippen MR) is 77.1 cm³/mol. The molecule has 0 aromatic carbocycles. The van der Waals surface area contributed by atoms with E-state index in [0.29, 0.717) is 5.65 Å². The molecule has 2 N–H and O–H groups in total. The van der Waals surface area contributed by atoms with Gasteiger partial charge in [-0.2, -0.15) is 9.61 Å². The summed E-state index contributed by atoms with van der Waals surface area (Å²) in [4.78, 5) is 13.8. The Bertz CT molecular complexity index is 625. The molecule has 0 radical (unpaired) electrons. The second-order valence-corrected chi connectivity index (χ2v) is 5.31. The molecular formula is C13H20N6O. The summed E-state index contributed by atoms with van der Waals surface area (Å²) in [5, 5.41) is 13.9. The van der Waals surface area contributed by atoms with Crippen LogP contribution in [-0.2, 0) is 0 Å². The molecule has 2 aromatic rings. The molecule has 0 saturated carbocycles. The summed E-state index contributed by atoms with van der Waals surface area (Å²) >= 11 is 0. The van der Waals surface area contributed by atoms with Crippen LogP contribution in [0.4, 0.5) is 5.82 Å². The van der Waals surface area contributed by atoms with Gasteiger partial charge in [0, 0.05) is 13.1 Å². The number of piperidine rings is 1. The molecule has 0 spiro atoms. The van der Waals surface area contributed by atoms with Crippen LogP contribution in [0.25, 0.3) is 5.65 Å². The van der Waals surface area contributed by atoms with Crippen LogP contribution in [0, 0.1) is 5.92 Å². The van der Waals surface area contributed by atoms with E-state index < -0.39 is 0 Å². The van der Waals surface area contributed by atoms with Crippen molar-refractivity contribution in [2.75, 3.05) is 31.6 Å². The molecule has 108 valence electrons. The van der Waals surface area contributed by atoms with Gasteiger partial charge in [0.05, 0.1) is 0 Å². The van der Waals surface area contributed by atoms with Gasteiger partial charge in [0.2, 0.25) is 0 Å². The lowest BCUT2D eigenvalue weighted by molar-refractivity contribution is 0.376. The van der Waals surface area contributed by atoms with E-state index in [1.807, 2.05) is 19.2 Å². The van der Waals surface area contributed by atoms with E-state index in [2.05, 4.69) is 25.5 Å². The Kier molecular flexibility index (Phi) is 3.68. The minimum Gasteiger partial charge on any atom is -0.355 e. The van der Waals surface area contributed by atoms with Crippen molar-refractivity contribution in [3.63, 3.8) is 0 Å². The molecule has 0 bridgehead atoms. The number of nitrogens with zero attached hydrogens (tertiary/aromatic N) is 4. The van der Waals surface area contributed by atoms with Crippen LogP contribution >= 0.6 is 0 Å². The van der Waals surface area contributed by atoms with Crippen molar-refractivity contribution in [3.05, 3.63) is 22.6 Å². The van der Waals surface area contributed by atoms with E-state index >= 15 is 0 Å². The molecule has 1 fully saturated rings. The molecule has 0 amide bonds. The minimum atomic E-state index is -0.286. The maximum Gasteiger partial charge on any atom is 0.364 e. The van der Waals surface area contributed by atoms with Gasteiger partial charge in [-0.15, -0.1) is 5.10 Å². The average molecular weight is 276 g/mol. The number of hydrogen-bond acceptors (Lipinski definition) is 5. The first-order chi connectivity index (χ1) is 9.78. The summed E-state index contributed by atoms with van der Waals surface area (Å²) in [5.41, 5.74) is 0.272. The summed E-state index contributed by atoms with van der Waals surface area (Å²) < 4.78 is 1.32. The summed E-state index contributed by atoms with van der Waals surface area (Å²) in [7, 11) is 2.00. The average Bonchev–Trinajstić information content (AvgIpc) is 2.87. The highest BCUT2D eigenvalue weighted by Gasteiger charge is 2.20. The SMILES string of the molecule is CNCCC1CCN(c2ccc3n[nH]c(=O)n3n2)CC1. The van der Waals surface area contributed by atoms with Gasteiger partial charge in [-0.05, 0) is 50.9 Å². The van der Waals surface area contributed by atoms with Gasteiger partial charge in [-0.3, -0.25) is 0 Å². The Labute approximate surface area is 117 Å². The van der Waals surface area contributed by atoms with Gasteiger partial charge < -0.3 is 10.2 Å². The van der Waals surface area contributed by atoms with Gasteiger partial charge in [0.1, 0.15) is 5.82 Å². The fraction of sp³-hybridized carbons (Fsp3) is 0.615. The number of hydrogen-bond donors (Lipinski definition) is 2. The third-order valence-corrected chi connectivity index (χ3v) is 4.00. The normalized spacial score (nSPS) is 16.9. The Morgan fingerprint density at radius 2 is 2.20 bits per heavy atom. The fourth-order valence-corrected chi connectivity index (χ4v) is 2.76. The number of aromatic nitrogens is 4. The van der Waals surface area contributed by atoms with Crippen LogP contribution in [0.3, 0.4) is 0 Å². The quantitative estimate of drug-likeness (QED) is 0.836. The zero-order valence-electron chi connectivity index (χ0n) is 11.7. The maximum atomic E-state index is 11.5. The molecule has 1 saturated heterocycles. The number of aromatic amines is 1. The Hall–Kier alpha value is -1.89. The topological polar surface area (TPSA) is 78.3 Å². The third kappa shape index (κ3) is 2.53. The van der Waals surface area contributed by atoms with Gasteiger partial charge >= 0.3 is 5.69 Å². The van der Waals surface area contributed by atoms with Gasteiger partial charge in [0.15, 0.2) is 5.65 Å². The molecule has 0 aliphatic carbocycles. The van der Waals surface area contributed by atoms with E-state index in [-0.39, 0.29) is 5.69 Å². The first-order valence-electron chi connectivity index (χ1n) is 7.12. The number of anilines is 1. The van der Waals surface area contributed by atoms with Crippen LogP contribution in [-0.4, -0.2) is 46.5 Å². The number of H-pyrrole nitrogens is 1. The van der Waals surface area contributed by atoms with E-state index in [9.17, 15) is 4.79 Å². The van der Waals surface area contributed by atoms with Crippen molar-refractivity contribution in [2.45, 2.75) is 19.3 Å². The lowest BCUT2D eigenvalue weighted by Crippen LogP contribution is -2.35. The Balaban J connectivity index is 1.70. The summed E-state index contributed by atoms with van der Waals surface area (Å²) in [6.07, 6.45) is 3.60. The number of nitrogens with one attached hydrogen (secondary N) is 2. The molecule has 7 heteroatoms. The van der Waals surface area contributed by atoms with Crippen LogP contribution in [0.15, 0.2) is 16.9 Å². The zero-order valence-corrected chi connectivity index (χ0v) is 11.7.